The molecule has 1 saturated carbocycles. The van der Waals surface area contributed by atoms with Crippen LogP contribution in [0.4, 0.5) is 21.8 Å². The van der Waals surface area contributed by atoms with Gasteiger partial charge in [0.1, 0.15) is 17.5 Å². The van der Waals surface area contributed by atoms with Gasteiger partial charge < -0.3 is 14.8 Å². The third-order valence-electron chi connectivity index (χ3n) is 6.83. The fraction of sp³-hybridized carbons (Fsp3) is 0.375. The molecule has 2 fully saturated rings. The second-order valence-corrected chi connectivity index (χ2v) is 9.47. The number of rotatable bonds is 5. The lowest BCUT2D eigenvalue weighted by Crippen LogP contribution is -2.23. The smallest absolute Gasteiger partial charge is 0.247 e. The molecule has 1 aliphatic carbocycles. The summed E-state index contributed by atoms with van der Waals surface area (Å²) in [4.78, 5) is 16.2. The van der Waals surface area contributed by atoms with E-state index < -0.39 is 6.17 Å². The summed E-state index contributed by atoms with van der Waals surface area (Å²) in [6.07, 6.45) is 9.32. The van der Waals surface area contributed by atoms with Crippen molar-refractivity contribution in [2.24, 2.45) is 7.05 Å². The molecule has 2 aliphatic rings. The molecular weight excluding hydrogens is 447 g/mol. The molecular formula is C24H25FN10. The molecule has 11 heteroatoms. The molecule has 1 saturated heterocycles. The monoisotopic (exact) mass is 472 g/mol. The van der Waals surface area contributed by atoms with Gasteiger partial charge in [-0.2, -0.15) is 10.1 Å². The van der Waals surface area contributed by atoms with E-state index in [2.05, 4.69) is 31.0 Å². The van der Waals surface area contributed by atoms with Crippen molar-refractivity contribution in [3.63, 3.8) is 0 Å². The summed E-state index contributed by atoms with van der Waals surface area (Å²) in [5.41, 5.74) is 5.37. The van der Waals surface area contributed by atoms with E-state index in [0.29, 0.717) is 37.3 Å². The largest absolute Gasteiger partial charge is 0.352 e. The molecule has 7 rings (SSSR count). The lowest BCUT2D eigenvalue weighted by Gasteiger charge is -2.19. The molecule has 0 bridgehead atoms. The van der Waals surface area contributed by atoms with E-state index in [0.717, 1.165) is 39.3 Å². The van der Waals surface area contributed by atoms with Crippen LogP contribution in [0.25, 0.3) is 27.8 Å². The van der Waals surface area contributed by atoms with Crippen LogP contribution in [0.15, 0.2) is 36.9 Å². The highest BCUT2D eigenvalue weighted by molar-refractivity contribution is 5.91. The highest BCUT2D eigenvalue weighted by atomic mass is 19.1. The Balaban J connectivity index is 1.38. The molecule has 1 atom stereocenters. The summed E-state index contributed by atoms with van der Waals surface area (Å²) in [6, 6.07) is 4.69. The fourth-order valence-electron chi connectivity index (χ4n) is 5.07. The first-order chi connectivity index (χ1) is 17.0. The molecule has 1 unspecified atom stereocenters. The van der Waals surface area contributed by atoms with E-state index in [1.165, 1.54) is 12.8 Å². The quantitative estimate of drug-likeness (QED) is 0.416. The zero-order chi connectivity index (χ0) is 23.7. The van der Waals surface area contributed by atoms with Crippen molar-refractivity contribution < 1.29 is 4.39 Å². The molecule has 0 spiro atoms. The average Bonchev–Trinajstić information content (AvgIpc) is 3.14. The lowest BCUT2D eigenvalue weighted by molar-refractivity contribution is 0.364. The maximum absolute atomic E-state index is 14.2. The minimum atomic E-state index is -0.868. The van der Waals surface area contributed by atoms with Crippen LogP contribution in [-0.4, -0.2) is 58.2 Å². The first-order valence-electron chi connectivity index (χ1n) is 11.9. The number of alkyl halides is 1. The van der Waals surface area contributed by atoms with Gasteiger partial charge in [0.15, 0.2) is 11.5 Å². The Bertz CT molecular complexity index is 1580. The number of imidazole rings is 1. The molecule has 178 valence electrons. The molecule has 10 nitrogen and oxygen atoms in total. The number of hydrogen-bond acceptors (Lipinski definition) is 7. The van der Waals surface area contributed by atoms with Crippen molar-refractivity contribution in [2.75, 3.05) is 23.3 Å². The van der Waals surface area contributed by atoms with E-state index in [9.17, 15) is 4.39 Å². The predicted molar refractivity (Wildman–Crippen MR) is 131 cm³/mol. The van der Waals surface area contributed by atoms with E-state index in [1.807, 2.05) is 48.0 Å². The molecule has 5 aromatic rings. The number of aryl methyl sites for hydroxylation is 2. The third-order valence-corrected chi connectivity index (χ3v) is 6.83. The Morgan fingerprint density at radius 2 is 2.03 bits per heavy atom. The number of pyridine rings is 1. The van der Waals surface area contributed by atoms with Crippen molar-refractivity contribution in [2.45, 2.75) is 38.4 Å². The van der Waals surface area contributed by atoms with Gasteiger partial charge in [-0.15, -0.1) is 5.10 Å². The van der Waals surface area contributed by atoms with Crippen LogP contribution in [0, 0.1) is 6.92 Å². The number of nitrogens with one attached hydrogen (secondary N) is 1. The average molecular weight is 473 g/mol. The van der Waals surface area contributed by atoms with Gasteiger partial charge in [0, 0.05) is 49.4 Å². The second-order valence-electron chi connectivity index (χ2n) is 9.47. The minimum Gasteiger partial charge on any atom is -0.352 e. The Morgan fingerprint density at radius 3 is 2.77 bits per heavy atom. The van der Waals surface area contributed by atoms with Crippen molar-refractivity contribution >= 4 is 34.1 Å². The Kier molecular flexibility index (Phi) is 4.36. The first kappa shape index (κ1) is 20.4. The van der Waals surface area contributed by atoms with Crippen LogP contribution >= 0.6 is 0 Å². The third kappa shape index (κ3) is 3.41. The Morgan fingerprint density at radius 1 is 1.14 bits per heavy atom. The SMILES string of the molecule is Cc1nc2ncc(-c3ccn4nc(Nc5cnn(C)c5)nc(N5CCC(F)C5)c34)cc2n1C1CC1. The van der Waals surface area contributed by atoms with E-state index in [1.54, 1.807) is 10.9 Å². The Hall–Kier alpha value is -4.02. The van der Waals surface area contributed by atoms with Crippen LogP contribution in [-0.2, 0) is 7.05 Å². The van der Waals surface area contributed by atoms with Crippen molar-refractivity contribution in [3.05, 3.63) is 42.7 Å². The summed E-state index contributed by atoms with van der Waals surface area (Å²) in [7, 11) is 1.85. The van der Waals surface area contributed by atoms with E-state index in [4.69, 9.17) is 10.1 Å². The van der Waals surface area contributed by atoms with Gasteiger partial charge in [0.05, 0.1) is 23.9 Å². The number of halogens is 1. The lowest BCUT2D eigenvalue weighted by atomic mass is 10.1. The number of nitrogens with zero attached hydrogens (tertiary/aromatic N) is 9. The van der Waals surface area contributed by atoms with E-state index in [-0.39, 0.29) is 0 Å². The normalized spacial score (nSPS) is 18.3. The molecule has 1 N–H and O–H groups in total. The topological polar surface area (TPSA) is 94.0 Å². The Labute approximate surface area is 200 Å². The zero-order valence-electron chi connectivity index (χ0n) is 19.6. The van der Waals surface area contributed by atoms with Gasteiger partial charge in [-0.05, 0) is 38.3 Å². The van der Waals surface area contributed by atoms with E-state index >= 15 is 0 Å². The maximum atomic E-state index is 14.2. The van der Waals surface area contributed by atoms with Crippen LogP contribution in [0.3, 0.4) is 0 Å². The first-order valence-corrected chi connectivity index (χ1v) is 11.9. The van der Waals surface area contributed by atoms with Gasteiger partial charge in [-0.25, -0.2) is 18.9 Å². The number of fused-ring (bicyclic) bond motifs is 2. The minimum absolute atomic E-state index is 0.314. The second kappa shape index (κ2) is 7.49. The fourth-order valence-corrected chi connectivity index (χ4v) is 5.07. The molecule has 6 heterocycles. The molecule has 5 aromatic heterocycles. The van der Waals surface area contributed by atoms with Crippen molar-refractivity contribution in [3.8, 4) is 11.1 Å². The molecule has 35 heavy (non-hydrogen) atoms. The number of anilines is 3. The summed E-state index contributed by atoms with van der Waals surface area (Å²) >= 11 is 0. The van der Waals surface area contributed by atoms with Crippen LogP contribution in [0.1, 0.15) is 31.1 Å². The predicted octanol–water partition coefficient (Wildman–Crippen LogP) is 3.81. The highest BCUT2D eigenvalue weighted by Gasteiger charge is 2.29. The zero-order valence-corrected chi connectivity index (χ0v) is 19.6. The molecule has 0 amide bonds. The van der Waals surface area contributed by atoms with Gasteiger partial charge in [0.2, 0.25) is 5.95 Å². The van der Waals surface area contributed by atoms with Gasteiger partial charge >= 0.3 is 0 Å². The highest BCUT2D eigenvalue weighted by Crippen LogP contribution is 2.40. The van der Waals surface area contributed by atoms with Crippen LogP contribution in [0.2, 0.25) is 0 Å². The van der Waals surface area contributed by atoms with Gasteiger partial charge in [-0.1, -0.05) is 0 Å². The molecule has 0 radical (unpaired) electrons. The van der Waals surface area contributed by atoms with Crippen molar-refractivity contribution in [1.82, 2.24) is 38.9 Å². The number of aromatic nitrogens is 8. The summed E-state index contributed by atoms with van der Waals surface area (Å²) in [6.45, 7) is 2.96. The van der Waals surface area contributed by atoms with Crippen molar-refractivity contribution in [1.29, 1.82) is 0 Å². The maximum Gasteiger partial charge on any atom is 0.247 e. The summed E-state index contributed by atoms with van der Waals surface area (Å²) < 4.78 is 20.0. The summed E-state index contributed by atoms with van der Waals surface area (Å²) in [5.74, 6) is 2.13. The van der Waals surface area contributed by atoms with Crippen LogP contribution in [0.5, 0.6) is 0 Å². The van der Waals surface area contributed by atoms with Gasteiger partial charge in [0.25, 0.3) is 0 Å². The number of hydrogen-bond donors (Lipinski definition) is 1. The summed E-state index contributed by atoms with van der Waals surface area (Å²) in [5, 5.41) is 12.1. The molecule has 1 aliphatic heterocycles. The van der Waals surface area contributed by atoms with Gasteiger partial charge in [-0.3, -0.25) is 4.68 Å². The standard InChI is InChI=1S/C24H25FN10/c1-14-28-22-20(35(14)18-3-4-18)9-15(10-26-22)19-6-8-34-21(19)23(33-7-5-16(25)12-33)30-24(31-34)29-17-11-27-32(2)13-17/h6,8-11,13,16,18H,3-5,7,12H2,1-2H3,(H,29,31). The molecule has 0 aromatic carbocycles. The van der Waals surface area contributed by atoms with Crippen LogP contribution < -0.4 is 10.2 Å².